The summed E-state index contributed by atoms with van der Waals surface area (Å²) in [5.74, 6) is 0.149. The second-order valence-electron chi connectivity index (χ2n) is 4.79. The second kappa shape index (κ2) is 5.89. The van der Waals surface area contributed by atoms with Crippen LogP contribution in [0.4, 0.5) is 4.39 Å². The Morgan fingerprint density at radius 3 is 2.94 bits per heavy atom. The zero-order valence-electron chi connectivity index (χ0n) is 10.6. The highest BCUT2D eigenvalue weighted by Crippen LogP contribution is 2.43. The molecule has 0 radical (unpaired) electrons. The SMILES string of the molecule is CCC1OCCC1C(Br)c1cc(C)c(F)cc1Cl. The highest BCUT2D eigenvalue weighted by molar-refractivity contribution is 9.09. The Hall–Kier alpha value is -0.120. The van der Waals surface area contributed by atoms with Crippen LogP contribution in [-0.2, 0) is 4.74 Å². The maximum atomic E-state index is 13.4. The van der Waals surface area contributed by atoms with Crippen LogP contribution in [0.3, 0.4) is 0 Å². The van der Waals surface area contributed by atoms with Crippen LogP contribution in [0.1, 0.15) is 35.7 Å². The van der Waals surface area contributed by atoms with Crippen LogP contribution in [0.15, 0.2) is 12.1 Å². The maximum Gasteiger partial charge on any atom is 0.127 e. The van der Waals surface area contributed by atoms with Gasteiger partial charge in [-0.05, 0) is 37.0 Å². The Bertz CT molecular complexity index is 438. The average molecular weight is 336 g/mol. The first kappa shape index (κ1) is 14.3. The number of rotatable bonds is 3. The molecule has 1 heterocycles. The molecule has 2 rings (SSSR count). The normalized spacial score (nSPS) is 25.4. The van der Waals surface area contributed by atoms with E-state index < -0.39 is 0 Å². The predicted octanol–water partition coefficient (Wildman–Crippen LogP) is 5.04. The minimum atomic E-state index is -0.252. The van der Waals surface area contributed by atoms with Gasteiger partial charge < -0.3 is 4.74 Å². The zero-order chi connectivity index (χ0) is 13.3. The molecule has 1 fully saturated rings. The standard InChI is InChI=1S/C14H17BrClFO/c1-3-13-9(4-5-18-13)14(15)10-6-8(2)12(17)7-11(10)16/h6-7,9,13-14H,3-5H2,1-2H3. The molecule has 100 valence electrons. The molecule has 1 saturated heterocycles. The summed E-state index contributed by atoms with van der Waals surface area (Å²) < 4.78 is 19.1. The summed E-state index contributed by atoms with van der Waals surface area (Å²) >= 11 is 9.87. The van der Waals surface area contributed by atoms with Crippen molar-refractivity contribution in [2.24, 2.45) is 5.92 Å². The van der Waals surface area contributed by atoms with Crippen LogP contribution in [0, 0.1) is 18.7 Å². The molecule has 4 heteroatoms. The van der Waals surface area contributed by atoms with Crippen molar-refractivity contribution in [3.63, 3.8) is 0 Å². The summed E-state index contributed by atoms with van der Waals surface area (Å²) in [4.78, 5) is 0.122. The van der Waals surface area contributed by atoms with Crippen LogP contribution < -0.4 is 0 Å². The number of halogens is 3. The third kappa shape index (κ3) is 2.73. The average Bonchev–Trinajstić information content (AvgIpc) is 2.81. The Morgan fingerprint density at radius 2 is 2.28 bits per heavy atom. The minimum Gasteiger partial charge on any atom is -0.378 e. The summed E-state index contributed by atoms with van der Waals surface area (Å²) in [6.07, 6.45) is 2.27. The second-order valence-corrected chi connectivity index (χ2v) is 6.19. The van der Waals surface area contributed by atoms with Crippen molar-refractivity contribution in [1.82, 2.24) is 0 Å². The predicted molar refractivity (Wildman–Crippen MR) is 76.0 cm³/mol. The quantitative estimate of drug-likeness (QED) is 0.703. The summed E-state index contributed by atoms with van der Waals surface area (Å²) in [6.45, 7) is 4.68. The van der Waals surface area contributed by atoms with Crippen LogP contribution >= 0.6 is 27.5 Å². The van der Waals surface area contributed by atoms with Crippen molar-refractivity contribution in [1.29, 1.82) is 0 Å². The lowest BCUT2D eigenvalue weighted by atomic mass is 9.91. The van der Waals surface area contributed by atoms with Gasteiger partial charge in [-0.3, -0.25) is 0 Å². The molecule has 1 nitrogen and oxygen atoms in total. The first-order valence-electron chi connectivity index (χ1n) is 6.25. The van der Waals surface area contributed by atoms with E-state index in [-0.39, 0.29) is 16.7 Å². The highest BCUT2D eigenvalue weighted by Gasteiger charge is 2.34. The Morgan fingerprint density at radius 1 is 1.56 bits per heavy atom. The summed E-state index contributed by atoms with van der Waals surface area (Å²) in [5.41, 5.74) is 1.59. The van der Waals surface area contributed by atoms with E-state index in [9.17, 15) is 4.39 Å². The van der Waals surface area contributed by atoms with Gasteiger partial charge in [0.2, 0.25) is 0 Å². The molecule has 0 N–H and O–H groups in total. The van der Waals surface area contributed by atoms with E-state index in [2.05, 4.69) is 22.9 Å². The third-order valence-electron chi connectivity index (χ3n) is 3.61. The van der Waals surface area contributed by atoms with Crippen LogP contribution in [0.25, 0.3) is 0 Å². The fourth-order valence-electron chi connectivity index (χ4n) is 2.54. The molecule has 0 amide bonds. The number of alkyl halides is 1. The molecule has 0 bridgehead atoms. The van der Waals surface area contributed by atoms with E-state index in [1.165, 1.54) is 6.07 Å². The molecule has 18 heavy (non-hydrogen) atoms. The summed E-state index contributed by atoms with van der Waals surface area (Å²) in [6, 6.07) is 3.24. The molecule has 0 spiro atoms. The molecule has 1 aromatic carbocycles. The zero-order valence-corrected chi connectivity index (χ0v) is 12.9. The lowest BCUT2D eigenvalue weighted by Gasteiger charge is -2.24. The molecule has 3 unspecified atom stereocenters. The Kier molecular flexibility index (Phi) is 4.68. The van der Waals surface area contributed by atoms with E-state index in [0.29, 0.717) is 16.5 Å². The van der Waals surface area contributed by atoms with Crippen molar-refractivity contribution < 1.29 is 9.13 Å². The number of benzene rings is 1. The number of hydrogen-bond acceptors (Lipinski definition) is 1. The van der Waals surface area contributed by atoms with Gasteiger partial charge in [0.15, 0.2) is 0 Å². The van der Waals surface area contributed by atoms with E-state index >= 15 is 0 Å². The van der Waals surface area contributed by atoms with Crippen LogP contribution in [0.5, 0.6) is 0 Å². The van der Waals surface area contributed by atoms with Gasteiger partial charge >= 0.3 is 0 Å². The highest BCUT2D eigenvalue weighted by atomic mass is 79.9. The van der Waals surface area contributed by atoms with Gasteiger partial charge in [0.1, 0.15) is 5.82 Å². The fourth-order valence-corrected chi connectivity index (χ4v) is 3.93. The molecular formula is C14H17BrClFO. The third-order valence-corrected chi connectivity index (χ3v) is 5.11. The largest absolute Gasteiger partial charge is 0.378 e. The monoisotopic (exact) mass is 334 g/mol. The van der Waals surface area contributed by atoms with Gasteiger partial charge in [0.05, 0.1) is 6.10 Å². The summed E-state index contributed by atoms with van der Waals surface area (Å²) in [5, 5.41) is 0.488. The van der Waals surface area contributed by atoms with Gasteiger partial charge in [-0.2, -0.15) is 0 Å². The number of ether oxygens (including phenoxy) is 1. The van der Waals surface area contributed by atoms with E-state index in [1.807, 2.05) is 6.07 Å². The first-order valence-corrected chi connectivity index (χ1v) is 7.55. The van der Waals surface area contributed by atoms with Crippen LogP contribution in [0.2, 0.25) is 5.02 Å². The Labute approximate surface area is 121 Å². The molecule has 1 aliphatic heterocycles. The van der Waals surface area contributed by atoms with Crippen LogP contribution in [-0.4, -0.2) is 12.7 Å². The molecule has 0 aliphatic carbocycles. The van der Waals surface area contributed by atoms with E-state index in [4.69, 9.17) is 16.3 Å². The lowest BCUT2D eigenvalue weighted by molar-refractivity contribution is 0.0873. The number of hydrogen-bond donors (Lipinski definition) is 0. The smallest absolute Gasteiger partial charge is 0.127 e. The van der Waals surface area contributed by atoms with Gasteiger partial charge in [-0.15, -0.1) is 0 Å². The van der Waals surface area contributed by atoms with Crippen molar-refractivity contribution in [2.75, 3.05) is 6.61 Å². The van der Waals surface area contributed by atoms with Crippen molar-refractivity contribution in [3.05, 3.63) is 34.1 Å². The molecule has 0 aromatic heterocycles. The molecule has 0 saturated carbocycles. The van der Waals surface area contributed by atoms with Gasteiger partial charge in [-0.1, -0.05) is 40.5 Å². The number of aryl methyl sites for hydroxylation is 1. The molecule has 1 aromatic rings. The van der Waals surface area contributed by atoms with E-state index in [0.717, 1.165) is 25.0 Å². The van der Waals surface area contributed by atoms with E-state index in [1.54, 1.807) is 6.92 Å². The first-order chi connectivity index (χ1) is 8.54. The Balaban J connectivity index is 2.28. The van der Waals surface area contributed by atoms with Crippen molar-refractivity contribution >= 4 is 27.5 Å². The van der Waals surface area contributed by atoms with Gasteiger partial charge in [0.25, 0.3) is 0 Å². The molecular weight excluding hydrogens is 319 g/mol. The van der Waals surface area contributed by atoms with Crippen molar-refractivity contribution in [2.45, 2.75) is 37.6 Å². The van der Waals surface area contributed by atoms with Gasteiger partial charge in [-0.25, -0.2) is 4.39 Å². The minimum absolute atomic E-state index is 0.122. The maximum absolute atomic E-state index is 13.4. The fraction of sp³-hybridized carbons (Fsp3) is 0.571. The van der Waals surface area contributed by atoms with Crippen molar-refractivity contribution in [3.8, 4) is 0 Å². The summed E-state index contributed by atoms with van der Waals surface area (Å²) in [7, 11) is 0. The topological polar surface area (TPSA) is 9.23 Å². The molecule has 3 atom stereocenters. The lowest BCUT2D eigenvalue weighted by Crippen LogP contribution is -2.19. The molecule has 1 aliphatic rings. The van der Waals surface area contributed by atoms with Gasteiger partial charge in [0, 0.05) is 22.4 Å².